The summed E-state index contributed by atoms with van der Waals surface area (Å²) >= 11 is 0. The molecule has 1 aliphatic rings. The Balaban J connectivity index is 1.38. The lowest BCUT2D eigenvalue weighted by Crippen LogP contribution is -2.49. The topological polar surface area (TPSA) is 66.7 Å². The predicted molar refractivity (Wildman–Crippen MR) is 103 cm³/mol. The molecule has 0 atom stereocenters. The second-order valence-electron chi connectivity index (χ2n) is 6.71. The molecule has 27 heavy (non-hydrogen) atoms. The largest absolute Gasteiger partial charge is 0.451 e. The lowest BCUT2D eigenvalue weighted by molar-refractivity contribution is 0.0608. The first-order valence-corrected chi connectivity index (χ1v) is 9.14. The third-order valence-corrected chi connectivity index (χ3v) is 4.97. The first-order valence-electron chi connectivity index (χ1n) is 9.14. The fraction of sp³-hybridized carbons (Fsp3) is 0.286. The van der Waals surface area contributed by atoms with Gasteiger partial charge in [-0.1, -0.05) is 12.1 Å². The van der Waals surface area contributed by atoms with E-state index in [-0.39, 0.29) is 17.1 Å². The van der Waals surface area contributed by atoms with Crippen molar-refractivity contribution in [2.24, 2.45) is 0 Å². The Kier molecular flexibility index (Phi) is 4.98. The molecule has 1 aromatic carbocycles. The molecule has 3 heterocycles. The minimum Gasteiger partial charge on any atom is -0.451 e. The maximum absolute atomic E-state index is 12.7. The van der Waals surface area contributed by atoms with E-state index in [1.165, 1.54) is 11.6 Å². The zero-order valence-corrected chi connectivity index (χ0v) is 15.0. The summed E-state index contributed by atoms with van der Waals surface area (Å²) in [7, 11) is 0. The number of carbonyl (C=O) groups excluding carboxylic acids is 1. The second-order valence-corrected chi connectivity index (χ2v) is 6.71. The number of rotatable bonds is 4. The number of pyridine rings is 1. The lowest BCUT2D eigenvalue weighted by atomic mass is 10.2. The van der Waals surface area contributed by atoms with E-state index in [1.807, 2.05) is 24.5 Å². The maximum Gasteiger partial charge on any atom is 0.289 e. The van der Waals surface area contributed by atoms with E-state index in [4.69, 9.17) is 4.42 Å². The molecule has 1 amide bonds. The molecule has 0 N–H and O–H groups in total. The van der Waals surface area contributed by atoms with E-state index in [2.05, 4.69) is 9.88 Å². The fourth-order valence-electron chi connectivity index (χ4n) is 3.38. The number of hydrogen-bond donors (Lipinski definition) is 0. The van der Waals surface area contributed by atoms with Crippen LogP contribution in [-0.4, -0.2) is 53.4 Å². The number of amides is 1. The van der Waals surface area contributed by atoms with Crippen LogP contribution in [0.4, 0.5) is 0 Å². The molecule has 4 rings (SSSR count). The highest BCUT2D eigenvalue weighted by atomic mass is 16.3. The number of piperazine rings is 1. The van der Waals surface area contributed by atoms with Gasteiger partial charge in [-0.15, -0.1) is 0 Å². The zero-order chi connectivity index (χ0) is 18.6. The Morgan fingerprint density at radius 2 is 1.78 bits per heavy atom. The molecule has 1 saturated heterocycles. The van der Waals surface area contributed by atoms with Crippen LogP contribution in [0.15, 0.2) is 64.1 Å². The monoisotopic (exact) mass is 363 g/mol. The van der Waals surface area contributed by atoms with Gasteiger partial charge in [-0.25, -0.2) is 0 Å². The third-order valence-electron chi connectivity index (χ3n) is 4.97. The van der Waals surface area contributed by atoms with Crippen molar-refractivity contribution in [2.45, 2.75) is 6.42 Å². The van der Waals surface area contributed by atoms with Crippen molar-refractivity contribution < 1.29 is 9.21 Å². The average Bonchev–Trinajstić information content (AvgIpc) is 2.73. The molecule has 3 aromatic rings. The van der Waals surface area contributed by atoms with Gasteiger partial charge in [0.15, 0.2) is 11.2 Å². The van der Waals surface area contributed by atoms with Crippen LogP contribution in [0.2, 0.25) is 0 Å². The molecular weight excluding hydrogens is 342 g/mol. The van der Waals surface area contributed by atoms with Gasteiger partial charge in [0.25, 0.3) is 5.91 Å². The minimum atomic E-state index is -0.216. The molecule has 138 valence electrons. The van der Waals surface area contributed by atoms with Crippen molar-refractivity contribution >= 4 is 16.9 Å². The summed E-state index contributed by atoms with van der Waals surface area (Å²) < 4.78 is 5.68. The number of aromatic nitrogens is 1. The molecule has 0 spiro atoms. The molecule has 0 radical (unpaired) electrons. The molecule has 0 bridgehead atoms. The molecule has 0 aliphatic carbocycles. The molecule has 0 unspecified atom stereocenters. The van der Waals surface area contributed by atoms with Gasteiger partial charge in [0.1, 0.15) is 5.58 Å². The lowest BCUT2D eigenvalue weighted by Gasteiger charge is -2.34. The summed E-state index contributed by atoms with van der Waals surface area (Å²) in [6.07, 6.45) is 4.59. The quantitative estimate of drug-likeness (QED) is 0.711. The van der Waals surface area contributed by atoms with Gasteiger partial charge in [0.05, 0.1) is 5.39 Å². The Morgan fingerprint density at radius 3 is 2.56 bits per heavy atom. The van der Waals surface area contributed by atoms with Gasteiger partial charge < -0.3 is 9.32 Å². The van der Waals surface area contributed by atoms with Crippen LogP contribution in [0.1, 0.15) is 16.1 Å². The Bertz CT molecular complexity index is 992. The van der Waals surface area contributed by atoms with Crippen molar-refractivity contribution in [3.05, 3.63) is 76.4 Å². The van der Waals surface area contributed by atoms with Crippen LogP contribution in [0.5, 0.6) is 0 Å². The fourth-order valence-corrected chi connectivity index (χ4v) is 3.38. The maximum atomic E-state index is 12.7. The molecule has 2 aromatic heterocycles. The highest BCUT2D eigenvalue weighted by Gasteiger charge is 2.24. The van der Waals surface area contributed by atoms with E-state index in [1.54, 1.807) is 29.2 Å². The van der Waals surface area contributed by atoms with E-state index in [0.29, 0.717) is 24.1 Å². The summed E-state index contributed by atoms with van der Waals surface area (Å²) in [5.41, 5.74) is 1.53. The zero-order valence-electron chi connectivity index (χ0n) is 15.0. The average molecular weight is 363 g/mol. The number of carbonyl (C=O) groups is 1. The number of nitrogens with zero attached hydrogens (tertiary/aromatic N) is 3. The smallest absolute Gasteiger partial charge is 0.289 e. The van der Waals surface area contributed by atoms with Crippen molar-refractivity contribution in [2.75, 3.05) is 32.7 Å². The Labute approximate surface area is 157 Å². The van der Waals surface area contributed by atoms with Gasteiger partial charge in [-0.05, 0) is 36.2 Å². The molecule has 1 aliphatic heterocycles. The highest BCUT2D eigenvalue weighted by Crippen LogP contribution is 2.14. The Morgan fingerprint density at radius 1 is 1.04 bits per heavy atom. The van der Waals surface area contributed by atoms with Gasteiger partial charge in [0.2, 0.25) is 0 Å². The highest BCUT2D eigenvalue weighted by molar-refractivity contribution is 5.93. The third kappa shape index (κ3) is 3.90. The minimum absolute atomic E-state index is 0.115. The van der Waals surface area contributed by atoms with Crippen LogP contribution in [-0.2, 0) is 6.42 Å². The summed E-state index contributed by atoms with van der Waals surface area (Å²) in [5.74, 6) is -0.101. The van der Waals surface area contributed by atoms with Crippen molar-refractivity contribution in [1.29, 1.82) is 0 Å². The van der Waals surface area contributed by atoms with E-state index >= 15 is 0 Å². The van der Waals surface area contributed by atoms with Crippen LogP contribution in [0, 0.1) is 0 Å². The van der Waals surface area contributed by atoms with Crippen molar-refractivity contribution in [1.82, 2.24) is 14.8 Å². The summed E-state index contributed by atoms with van der Waals surface area (Å²) in [5, 5.41) is 0.495. The molecular formula is C21H21N3O3. The normalized spacial score (nSPS) is 15.2. The predicted octanol–water partition coefficient (Wildman–Crippen LogP) is 2.19. The van der Waals surface area contributed by atoms with Gasteiger partial charge in [0, 0.05) is 51.2 Å². The molecule has 1 fully saturated rings. The van der Waals surface area contributed by atoms with Gasteiger partial charge >= 0.3 is 0 Å². The molecule has 6 heteroatoms. The second kappa shape index (κ2) is 7.72. The van der Waals surface area contributed by atoms with Crippen LogP contribution in [0.3, 0.4) is 0 Å². The van der Waals surface area contributed by atoms with Crippen LogP contribution in [0.25, 0.3) is 11.0 Å². The molecule has 0 saturated carbocycles. The van der Waals surface area contributed by atoms with Crippen molar-refractivity contribution in [3.8, 4) is 0 Å². The first kappa shape index (κ1) is 17.4. The molecule has 6 nitrogen and oxygen atoms in total. The number of hydrogen-bond acceptors (Lipinski definition) is 5. The van der Waals surface area contributed by atoms with E-state index < -0.39 is 0 Å². The SMILES string of the molecule is O=C(c1cc(=O)c2ccccc2o1)N1CCN(CCc2ccncc2)CC1. The number of benzene rings is 1. The summed E-state index contributed by atoms with van der Waals surface area (Å²) in [6.45, 7) is 3.85. The standard InChI is InChI=1S/C21H21N3O3/c25-18-15-20(27-19-4-2-1-3-17(18)19)21(26)24-13-11-23(12-14-24)10-7-16-5-8-22-9-6-16/h1-6,8-9,15H,7,10-14H2. The number of para-hydroxylation sites is 1. The van der Waals surface area contributed by atoms with Gasteiger partial charge in [-0.2, -0.15) is 0 Å². The van der Waals surface area contributed by atoms with Gasteiger partial charge in [-0.3, -0.25) is 19.5 Å². The first-order chi connectivity index (χ1) is 13.2. The van der Waals surface area contributed by atoms with Crippen LogP contribution < -0.4 is 5.43 Å². The summed E-state index contributed by atoms with van der Waals surface area (Å²) in [6, 6.07) is 12.4. The number of fused-ring (bicyclic) bond motifs is 1. The summed E-state index contributed by atoms with van der Waals surface area (Å²) in [4.78, 5) is 33.1. The van der Waals surface area contributed by atoms with Crippen molar-refractivity contribution in [3.63, 3.8) is 0 Å². The van der Waals surface area contributed by atoms with E-state index in [9.17, 15) is 9.59 Å². The Hall–Kier alpha value is -2.99. The van der Waals surface area contributed by atoms with E-state index in [0.717, 1.165) is 26.1 Å². The van der Waals surface area contributed by atoms with Crippen LogP contribution >= 0.6 is 0 Å².